The Hall–Kier alpha value is -4.06. The molecule has 2 heterocycles. The third-order valence-corrected chi connectivity index (χ3v) is 6.67. The van der Waals surface area contributed by atoms with E-state index >= 15 is 0 Å². The summed E-state index contributed by atoms with van der Waals surface area (Å²) in [5.74, 6) is 0.675. The van der Waals surface area contributed by atoms with Crippen LogP contribution in [0.5, 0.6) is 5.75 Å². The van der Waals surface area contributed by atoms with Crippen LogP contribution in [0.25, 0.3) is 27.6 Å². The SMILES string of the molecule is COc1ccc2c(c1)c1c(c(=O)n(-c3ccccc3C)c(=O)n1Cc1cc(C)ccc1C)n2C. The zero-order chi connectivity index (χ0) is 24.1. The number of rotatable bonds is 4. The number of aromatic nitrogens is 3. The van der Waals surface area contributed by atoms with Crippen LogP contribution in [0.1, 0.15) is 22.3 Å². The molecule has 0 aliphatic rings. The highest BCUT2D eigenvalue weighted by molar-refractivity contribution is 6.06. The lowest BCUT2D eigenvalue weighted by Crippen LogP contribution is -2.40. The summed E-state index contributed by atoms with van der Waals surface area (Å²) in [7, 11) is 3.48. The smallest absolute Gasteiger partial charge is 0.336 e. The van der Waals surface area contributed by atoms with Crippen LogP contribution in [-0.4, -0.2) is 20.8 Å². The predicted octanol–water partition coefficient (Wildman–Crippen LogP) is 4.63. The van der Waals surface area contributed by atoms with Crippen LogP contribution >= 0.6 is 0 Å². The molecule has 0 amide bonds. The first-order valence-corrected chi connectivity index (χ1v) is 11.3. The third kappa shape index (κ3) is 3.25. The number of para-hydroxylation sites is 1. The molecule has 0 bridgehead atoms. The van der Waals surface area contributed by atoms with Crippen LogP contribution in [-0.2, 0) is 13.6 Å². The van der Waals surface area contributed by atoms with Crippen molar-refractivity contribution in [3.8, 4) is 11.4 Å². The fourth-order valence-electron chi connectivity index (χ4n) is 4.77. The Morgan fingerprint density at radius 2 is 1.62 bits per heavy atom. The summed E-state index contributed by atoms with van der Waals surface area (Å²) in [5.41, 5.74) is 5.99. The summed E-state index contributed by atoms with van der Waals surface area (Å²) in [6, 6.07) is 19.4. The van der Waals surface area contributed by atoms with Gasteiger partial charge in [-0.1, -0.05) is 42.0 Å². The molecular formula is C28H27N3O3. The average molecular weight is 454 g/mol. The van der Waals surface area contributed by atoms with Crippen molar-refractivity contribution >= 4 is 21.9 Å². The molecule has 0 saturated heterocycles. The number of nitrogens with zero attached hydrogens (tertiary/aromatic N) is 3. The zero-order valence-electron chi connectivity index (χ0n) is 20.0. The molecule has 0 N–H and O–H groups in total. The van der Waals surface area contributed by atoms with Gasteiger partial charge in [-0.05, 0) is 61.7 Å². The van der Waals surface area contributed by atoms with Crippen LogP contribution in [0, 0.1) is 20.8 Å². The van der Waals surface area contributed by atoms with E-state index in [-0.39, 0.29) is 11.2 Å². The fraction of sp³-hybridized carbons (Fsp3) is 0.214. The van der Waals surface area contributed by atoms with Crippen molar-refractivity contribution in [3.05, 3.63) is 104 Å². The predicted molar refractivity (Wildman–Crippen MR) is 137 cm³/mol. The molecule has 6 heteroatoms. The first-order valence-electron chi connectivity index (χ1n) is 11.3. The number of benzene rings is 3. The van der Waals surface area contributed by atoms with Gasteiger partial charge in [-0.2, -0.15) is 0 Å². The standard InChI is InChI=1S/C28H27N3O3/c1-17-10-11-18(2)20(14-17)16-30-25-22-15-21(34-5)12-13-24(22)29(4)26(25)27(32)31(28(30)33)23-9-7-6-8-19(23)3/h6-15H,16H2,1-5H3. The Morgan fingerprint density at radius 3 is 2.35 bits per heavy atom. The van der Waals surface area contributed by atoms with Gasteiger partial charge in [0.25, 0.3) is 5.56 Å². The summed E-state index contributed by atoms with van der Waals surface area (Å²) < 4.78 is 10.4. The Bertz CT molecular complexity index is 1700. The van der Waals surface area contributed by atoms with Gasteiger partial charge in [-0.15, -0.1) is 0 Å². The number of fused-ring (bicyclic) bond motifs is 3. The van der Waals surface area contributed by atoms with E-state index in [4.69, 9.17) is 4.74 Å². The number of ether oxygens (including phenoxy) is 1. The number of hydrogen-bond acceptors (Lipinski definition) is 3. The van der Waals surface area contributed by atoms with Crippen LogP contribution in [0.4, 0.5) is 0 Å². The van der Waals surface area contributed by atoms with Gasteiger partial charge in [0, 0.05) is 12.4 Å². The van der Waals surface area contributed by atoms with Gasteiger partial charge in [0.05, 0.1) is 30.4 Å². The van der Waals surface area contributed by atoms with Crippen molar-refractivity contribution in [2.45, 2.75) is 27.3 Å². The number of hydrogen-bond donors (Lipinski definition) is 0. The molecule has 0 saturated carbocycles. The van der Waals surface area contributed by atoms with E-state index in [9.17, 15) is 9.59 Å². The molecule has 5 aromatic rings. The molecule has 2 aromatic heterocycles. The van der Waals surface area contributed by atoms with Crippen molar-refractivity contribution in [2.24, 2.45) is 7.05 Å². The van der Waals surface area contributed by atoms with Crippen molar-refractivity contribution in [2.75, 3.05) is 7.11 Å². The average Bonchev–Trinajstić information content (AvgIpc) is 3.12. The molecule has 0 atom stereocenters. The normalized spacial score (nSPS) is 11.4. The second-order valence-electron chi connectivity index (χ2n) is 8.87. The summed E-state index contributed by atoms with van der Waals surface area (Å²) in [6.07, 6.45) is 0. The van der Waals surface area contributed by atoms with E-state index in [1.165, 1.54) is 4.57 Å². The van der Waals surface area contributed by atoms with E-state index in [0.29, 0.717) is 29.0 Å². The molecule has 0 radical (unpaired) electrons. The number of aryl methyl sites for hydroxylation is 4. The Balaban J connectivity index is 1.97. The molecule has 3 aromatic carbocycles. The van der Waals surface area contributed by atoms with E-state index in [2.05, 4.69) is 18.2 Å². The lowest BCUT2D eigenvalue weighted by molar-refractivity contribution is 0.415. The van der Waals surface area contributed by atoms with Gasteiger partial charge >= 0.3 is 5.69 Å². The van der Waals surface area contributed by atoms with Gasteiger partial charge in [-0.3, -0.25) is 9.36 Å². The third-order valence-electron chi connectivity index (χ3n) is 6.67. The van der Waals surface area contributed by atoms with Crippen LogP contribution in [0.3, 0.4) is 0 Å². The van der Waals surface area contributed by atoms with E-state index in [1.54, 1.807) is 11.7 Å². The number of methoxy groups -OCH3 is 1. The lowest BCUT2D eigenvalue weighted by Gasteiger charge is -2.16. The van der Waals surface area contributed by atoms with E-state index in [1.807, 2.05) is 74.9 Å². The van der Waals surface area contributed by atoms with Crippen molar-refractivity contribution < 1.29 is 4.74 Å². The van der Waals surface area contributed by atoms with Crippen molar-refractivity contribution in [3.63, 3.8) is 0 Å². The Morgan fingerprint density at radius 1 is 0.853 bits per heavy atom. The minimum absolute atomic E-state index is 0.329. The van der Waals surface area contributed by atoms with Crippen LogP contribution < -0.4 is 16.0 Å². The Labute approximate surface area is 197 Å². The van der Waals surface area contributed by atoms with Gasteiger partial charge in [0.15, 0.2) is 0 Å². The quantitative estimate of drug-likeness (QED) is 0.399. The van der Waals surface area contributed by atoms with E-state index < -0.39 is 0 Å². The van der Waals surface area contributed by atoms with Crippen LogP contribution in [0.2, 0.25) is 0 Å². The molecule has 34 heavy (non-hydrogen) atoms. The zero-order valence-corrected chi connectivity index (χ0v) is 20.0. The van der Waals surface area contributed by atoms with E-state index in [0.717, 1.165) is 33.2 Å². The maximum absolute atomic E-state index is 14.0. The highest BCUT2D eigenvalue weighted by Gasteiger charge is 2.22. The van der Waals surface area contributed by atoms with Gasteiger partial charge < -0.3 is 9.30 Å². The molecule has 0 aliphatic heterocycles. The molecule has 172 valence electrons. The Kier molecular flexibility index (Phi) is 5.16. The first-order chi connectivity index (χ1) is 16.3. The summed E-state index contributed by atoms with van der Waals surface area (Å²) in [5, 5.41) is 0.813. The summed E-state index contributed by atoms with van der Waals surface area (Å²) >= 11 is 0. The van der Waals surface area contributed by atoms with Gasteiger partial charge in [-0.25, -0.2) is 9.36 Å². The highest BCUT2D eigenvalue weighted by atomic mass is 16.5. The van der Waals surface area contributed by atoms with Crippen molar-refractivity contribution in [1.82, 2.24) is 13.7 Å². The molecule has 0 fully saturated rings. The summed E-state index contributed by atoms with van der Waals surface area (Å²) in [4.78, 5) is 27.9. The molecular weight excluding hydrogens is 426 g/mol. The fourth-order valence-corrected chi connectivity index (χ4v) is 4.77. The van der Waals surface area contributed by atoms with Gasteiger partial charge in [0.2, 0.25) is 0 Å². The monoisotopic (exact) mass is 453 g/mol. The molecule has 6 nitrogen and oxygen atoms in total. The van der Waals surface area contributed by atoms with Crippen LogP contribution in [0.15, 0.2) is 70.3 Å². The minimum atomic E-state index is -0.358. The lowest BCUT2D eigenvalue weighted by atomic mass is 10.1. The molecule has 0 spiro atoms. The summed E-state index contributed by atoms with van der Waals surface area (Å²) in [6.45, 7) is 6.34. The van der Waals surface area contributed by atoms with Gasteiger partial charge in [0.1, 0.15) is 11.3 Å². The topological polar surface area (TPSA) is 58.2 Å². The second kappa shape index (κ2) is 8.06. The maximum Gasteiger partial charge on any atom is 0.336 e. The molecule has 0 unspecified atom stereocenters. The highest BCUT2D eigenvalue weighted by Crippen LogP contribution is 2.30. The molecule has 5 rings (SSSR count). The molecule has 0 aliphatic carbocycles. The van der Waals surface area contributed by atoms with Crippen molar-refractivity contribution in [1.29, 1.82) is 0 Å². The minimum Gasteiger partial charge on any atom is -0.497 e. The largest absolute Gasteiger partial charge is 0.497 e. The maximum atomic E-state index is 14.0. The first kappa shape index (κ1) is 21.8. The second-order valence-corrected chi connectivity index (χ2v) is 8.87.